The molecule has 4 N–H and O–H groups in total. The van der Waals surface area contributed by atoms with Crippen molar-refractivity contribution in [2.24, 2.45) is 0 Å². The zero-order valence-corrected chi connectivity index (χ0v) is 13.9. The van der Waals surface area contributed by atoms with E-state index in [0.717, 1.165) is 27.6 Å². The number of H-pyrrole nitrogens is 1. The first-order valence-corrected chi connectivity index (χ1v) is 7.89. The van der Waals surface area contributed by atoms with Gasteiger partial charge in [0.15, 0.2) is 5.69 Å². The molecule has 4 rings (SSSR count). The van der Waals surface area contributed by atoms with Crippen LogP contribution < -0.4 is 11.1 Å². The first kappa shape index (κ1) is 15.7. The van der Waals surface area contributed by atoms with Crippen molar-refractivity contribution in [1.82, 2.24) is 25.1 Å². The number of rotatable bonds is 3. The van der Waals surface area contributed by atoms with Crippen LogP contribution in [0, 0.1) is 6.92 Å². The lowest BCUT2D eigenvalue weighted by Gasteiger charge is -2.05. The molecule has 0 unspecified atom stereocenters. The molecule has 1 aromatic carbocycles. The average Bonchev–Trinajstić information content (AvgIpc) is 3.07. The van der Waals surface area contributed by atoms with Crippen molar-refractivity contribution in [2.45, 2.75) is 6.92 Å². The highest BCUT2D eigenvalue weighted by Gasteiger charge is 2.15. The van der Waals surface area contributed by atoms with Crippen LogP contribution in [0.5, 0.6) is 0 Å². The van der Waals surface area contributed by atoms with Gasteiger partial charge in [-0.1, -0.05) is 6.07 Å². The number of aryl methyl sites for hydroxylation is 1. The van der Waals surface area contributed by atoms with E-state index in [9.17, 15) is 4.79 Å². The quantitative estimate of drug-likeness (QED) is 0.524. The minimum atomic E-state index is -0.357. The van der Waals surface area contributed by atoms with Gasteiger partial charge in [-0.15, -0.1) is 0 Å². The Balaban J connectivity index is 1.70. The number of benzene rings is 1. The van der Waals surface area contributed by atoms with Gasteiger partial charge < -0.3 is 11.1 Å². The third-order valence-corrected chi connectivity index (χ3v) is 3.92. The molecule has 0 fully saturated rings. The van der Waals surface area contributed by atoms with E-state index in [2.05, 4.69) is 30.5 Å². The van der Waals surface area contributed by atoms with Gasteiger partial charge in [0, 0.05) is 23.3 Å². The van der Waals surface area contributed by atoms with E-state index in [4.69, 9.17) is 5.73 Å². The summed E-state index contributed by atoms with van der Waals surface area (Å²) in [7, 11) is 0. The summed E-state index contributed by atoms with van der Waals surface area (Å²) in [6.45, 7) is 1.99. The van der Waals surface area contributed by atoms with Gasteiger partial charge in [0.25, 0.3) is 5.91 Å². The van der Waals surface area contributed by atoms with Crippen LogP contribution >= 0.6 is 0 Å². The fourth-order valence-electron chi connectivity index (χ4n) is 2.67. The Morgan fingerprint density at radius 1 is 1.08 bits per heavy atom. The summed E-state index contributed by atoms with van der Waals surface area (Å²) in [5.41, 5.74) is 9.96. The molecule has 0 saturated carbocycles. The largest absolute Gasteiger partial charge is 0.368 e. The normalized spacial score (nSPS) is 10.8. The average molecular weight is 345 g/mol. The lowest BCUT2D eigenvalue weighted by atomic mass is 10.0. The molecule has 0 atom stereocenters. The zero-order valence-electron chi connectivity index (χ0n) is 13.9. The van der Waals surface area contributed by atoms with E-state index in [-0.39, 0.29) is 11.9 Å². The smallest absolute Gasteiger partial charge is 0.276 e. The fourth-order valence-corrected chi connectivity index (χ4v) is 2.67. The molecule has 0 saturated heterocycles. The zero-order chi connectivity index (χ0) is 18.1. The number of hydrogen-bond acceptors (Lipinski definition) is 6. The molecule has 128 valence electrons. The number of anilines is 2. The monoisotopic (exact) mass is 345 g/mol. The Kier molecular flexibility index (Phi) is 3.77. The van der Waals surface area contributed by atoms with Crippen molar-refractivity contribution in [1.29, 1.82) is 0 Å². The molecule has 1 amide bonds. The maximum absolute atomic E-state index is 12.6. The van der Waals surface area contributed by atoms with Crippen molar-refractivity contribution in [3.63, 3.8) is 0 Å². The van der Waals surface area contributed by atoms with Crippen molar-refractivity contribution >= 4 is 28.4 Å². The standard InChI is InChI=1S/C18H15N7O/c1-10-4-12(7-20-6-10)11-2-3-15-14(5-11)16(25-24-15)17(26)23-13-8-21-18(19)22-9-13/h2-9H,1H3,(H,23,26)(H,24,25)(H2,19,21,22). The van der Waals surface area contributed by atoms with Gasteiger partial charge in [-0.25, -0.2) is 9.97 Å². The number of pyridine rings is 1. The van der Waals surface area contributed by atoms with Crippen LogP contribution in [0.1, 0.15) is 16.1 Å². The highest BCUT2D eigenvalue weighted by molar-refractivity contribution is 6.11. The molecule has 3 aromatic heterocycles. The van der Waals surface area contributed by atoms with Crippen LogP contribution in [0.15, 0.2) is 49.1 Å². The summed E-state index contributed by atoms with van der Waals surface area (Å²) >= 11 is 0. The van der Waals surface area contributed by atoms with Crippen molar-refractivity contribution < 1.29 is 4.79 Å². The van der Waals surface area contributed by atoms with E-state index in [0.29, 0.717) is 11.4 Å². The molecule has 0 aliphatic carbocycles. The van der Waals surface area contributed by atoms with Gasteiger partial charge in [0.2, 0.25) is 5.95 Å². The van der Waals surface area contributed by atoms with Gasteiger partial charge in [-0.2, -0.15) is 5.10 Å². The summed E-state index contributed by atoms with van der Waals surface area (Å²) in [5, 5.41) is 10.5. The van der Waals surface area contributed by atoms with Gasteiger partial charge in [-0.05, 0) is 36.2 Å². The number of carbonyl (C=O) groups excluding carboxylic acids is 1. The lowest BCUT2D eigenvalue weighted by molar-refractivity contribution is 0.102. The highest BCUT2D eigenvalue weighted by atomic mass is 16.1. The van der Waals surface area contributed by atoms with Crippen LogP contribution in [0.3, 0.4) is 0 Å². The number of nitrogens with one attached hydrogen (secondary N) is 2. The predicted octanol–water partition coefficient (Wildman–Crippen LogP) is 2.56. The molecule has 0 spiro atoms. The van der Waals surface area contributed by atoms with Crippen molar-refractivity contribution in [3.05, 3.63) is 60.3 Å². The third-order valence-electron chi connectivity index (χ3n) is 3.92. The van der Waals surface area contributed by atoms with Gasteiger partial charge in [-0.3, -0.25) is 14.9 Å². The molecular weight excluding hydrogens is 330 g/mol. The van der Waals surface area contributed by atoms with Crippen LogP contribution in [-0.4, -0.2) is 31.1 Å². The number of amides is 1. The summed E-state index contributed by atoms with van der Waals surface area (Å²) in [5.74, 6) is -0.214. The van der Waals surface area contributed by atoms with Gasteiger partial charge in [0.05, 0.1) is 23.6 Å². The van der Waals surface area contributed by atoms with Crippen LogP contribution in [-0.2, 0) is 0 Å². The number of nitrogen functional groups attached to an aromatic ring is 1. The van der Waals surface area contributed by atoms with E-state index < -0.39 is 0 Å². The Labute approximate surface area is 148 Å². The minimum absolute atomic E-state index is 0.143. The van der Waals surface area contributed by atoms with Gasteiger partial charge in [0.1, 0.15) is 0 Å². The molecule has 8 nitrogen and oxygen atoms in total. The van der Waals surface area contributed by atoms with E-state index >= 15 is 0 Å². The topological polar surface area (TPSA) is 122 Å². The number of aromatic amines is 1. The Hall–Kier alpha value is -3.81. The summed E-state index contributed by atoms with van der Waals surface area (Å²) in [6.07, 6.45) is 6.48. The Bertz CT molecular complexity index is 1100. The molecular formula is C18H15N7O. The molecule has 0 bridgehead atoms. The van der Waals surface area contributed by atoms with E-state index in [1.165, 1.54) is 12.4 Å². The number of nitrogens with zero attached hydrogens (tertiary/aromatic N) is 4. The second-order valence-electron chi connectivity index (χ2n) is 5.87. The number of aromatic nitrogens is 5. The van der Waals surface area contributed by atoms with Crippen molar-refractivity contribution in [3.8, 4) is 11.1 Å². The fraction of sp³-hybridized carbons (Fsp3) is 0.0556. The first-order valence-electron chi connectivity index (χ1n) is 7.89. The number of hydrogen-bond donors (Lipinski definition) is 3. The van der Waals surface area contributed by atoms with Crippen LogP contribution in [0.4, 0.5) is 11.6 Å². The molecule has 4 aromatic rings. The highest BCUT2D eigenvalue weighted by Crippen LogP contribution is 2.26. The number of nitrogens with two attached hydrogens (primary N) is 1. The van der Waals surface area contributed by atoms with Crippen LogP contribution in [0.2, 0.25) is 0 Å². The predicted molar refractivity (Wildman–Crippen MR) is 98.5 cm³/mol. The molecule has 26 heavy (non-hydrogen) atoms. The SMILES string of the molecule is Cc1cncc(-c2ccc3[nH]nc(C(=O)Nc4cnc(N)nc4)c3c2)c1. The number of fused-ring (bicyclic) bond motifs is 1. The van der Waals surface area contributed by atoms with Crippen LogP contribution in [0.25, 0.3) is 22.0 Å². The molecule has 0 radical (unpaired) electrons. The Morgan fingerprint density at radius 3 is 2.65 bits per heavy atom. The lowest BCUT2D eigenvalue weighted by Crippen LogP contribution is -2.13. The maximum atomic E-state index is 12.6. The molecule has 3 heterocycles. The Morgan fingerprint density at radius 2 is 1.88 bits per heavy atom. The summed E-state index contributed by atoms with van der Waals surface area (Å²) < 4.78 is 0. The second kappa shape index (κ2) is 6.25. The summed E-state index contributed by atoms with van der Waals surface area (Å²) in [6, 6.07) is 7.82. The van der Waals surface area contributed by atoms with E-state index in [1.54, 1.807) is 12.4 Å². The second-order valence-corrected chi connectivity index (χ2v) is 5.87. The van der Waals surface area contributed by atoms with Gasteiger partial charge >= 0.3 is 0 Å². The third kappa shape index (κ3) is 2.95. The number of carbonyl (C=O) groups is 1. The minimum Gasteiger partial charge on any atom is -0.368 e. The first-order chi connectivity index (χ1) is 12.6. The van der Waals surface area contributed by atoms with E-state index in [1.807, 2.05) is 31.2 Å². The van der Waals surface area contributed by atoms with Crippen molar-refractivity contribution in [2.75, 3.05) is 11.1 Å². The maximum Gasteiger partial charge on any atom is 0.276 e. The molecule has 0 aliphatic heterocycles. The molecule has 8 heteroatoms. The summed E-state index contributed by atoms with van der Waals surface area (Å²) in [4.78, 5) is 24.5. The molecule has 0 aliphatic rings.